The van der Waals surface area contributed by atoms with Crippen LogP contribution in [0.25, 0.3) is 0 Å². The number of rotatable bonds is 1. The summed E-state index contributed by atoms with van der Waals surface area (Å²) in [6.45, 7) is 2.11. The molecule has 3 rings (SSSR count). The smallest absolute Gasteiger partial charge is 0.232 e. The molecule has 2 nitrogen and oxygen atoms in total. The molecule has 1 amide bonds. The number of carbonyl (C=O) groups excluding carboxylic acids is 1. The Hall–Kier alpha value is -1.45. The van der Waals surface area contributed by atoms with Gasteiger partial charge in [0.2, 0.25) is 5.91 Å². The van der Waals surface area contributed by atoms with Crippen LogP contribution in [-0.4, -0.2) is 5.91 Å². The SMILES string of the molecule is CC1CCCC1C1C(=O)Nc2c(F)cc(F)cc21. The monoisotopic (exact) mass is 251 g/mol. The van der Waals surface area contributed by atoms with Crippen LogP contribution < -0.4 is 5.32 Å². The molecule has 4 heteroatoms. The average Bonchev–Trinajstić information content (AvgIpc) is 2.82. The van der Waals surface area contributed by atoms with Crippen molar-refractivity contribution in [3.8, 4) is 0 Å². The Balaban J connectivity index is 2.06. The van der Waals surface area contributed by atoms with Crippen molar-refractivity contribution < 1.29 is 13.6 Å². The summed E-state index contributed by atoms with van der Waals surface area (Å²) in [5, 5.41) is 2.56. The van der Waals surface area contributed by atoms with E-state index in [0.717, 1.165) is 25.3 Å². The number of nitrogens with one attached hydrogen (secondary N) is 1. The van der Waals surface area contributed by atoms with Crippen molar-refractivity contribution in [2.45, 2.75) is 32.1 Å². The van der Waals surface area contributed by atoms with Crippen LogP contribution in [0.2, 0.25) is 0 Å². The Bertz CT molecular complexity index is 515. The molecule has 96 valence electrons. The van der Waals surface area contributed by atoms with E-state index in [1.165, 1.54) is 6.07 Å². The number of carbonyl (C=O) groups is 1. The van der Waals surface area contributed by atoms with Gasteiger partial charge in [-0.1, -0.05) is 19.8 Å². The molecule has 3 atom stereocenters. The normalized spacial score (nSPS) is 30.4. The van der Waals surface area contributed by atoms with Gasteiger partial charge in [-0.3, -0.25) is 4.79 Å². The van der Waals surface area contributed by atoms with E-state index in [4.69, 9.17) is 0 Å². The van der Waals surface area contributed by atoms with Crippen LogP contribution in [-0.2, 0) is 4.79 Å². The van der Waals surface area contributed by atoms with Crippen LogP contribution in [0.1, 0.15) is 37.7 Å². The van der Waals surface area contributed by atoms with Gasteiger partial charge in [0.15, 0.2) is 0 Å². The molecule has 1 N–H and O–H groups in total. The third kappa shape index (κ3) is 1.62. The van der Waals surface area contributed by atoms with Gasteiger partial charge in [-0.05, 0) is 29.9 Å². The Morgan fingerprint density at radius 3 is 2.72 bits per heavy atom. The standard InChI is InChI=1S/C14H15F2NO/c1-7-3-2-4-9(7)12-10-5-8(15)6-11(16)13(10)17-14(12)18/h5-7,9,12H,2-4H2,1H3,(H,17,18). The zero-order chi connectivity index (χ0) is 12.9. The number of hydrogen-bond acceptors (Lipinski definition) is 1. The van der Waals surface area contributed by atoms with Crippen molar-refractivity contribution >= 4 is 11.6 Å². The number of hydrogen-bond donors (Lipinski definition) is 1. The molecule has 3 unspecified atom stereocenters. The van der Waals surface area contributed by atoms with E-state index >= 15 is 0 Å². The summed E-state index contributed by atoms with van der Waals surface area (Å²) >= 11 is 0. The summed E-state index contributed by atoms with van der Waals surface area (Å²) in [5.74, 6) is -1.23. The quantitative estimate of drug-likeness (QED) is 0.814. The lowest BCUT2D eigenvalue weighted by Gasteiger charge is -2.21. The number of anilines is 1. The van der Waals surface area contributed by atoms with Crippen molar-refractivity contribution in [2.24, 2.45) is 11.8 Å². The van der Waals surface area contributed by atoms with Gasteiger partial charge in [0.1, 0.15) is 11.6 Å². The van der Waals surface area contributed by atoms with Crippen molar-refractivity contribution in [2.75, 3.05) is 5.32 Å². The molecule has 2 aliphatic rings. The second kappa shape index (κ2) is 4.04. The lowest BCUT2D eigenvalue weighted by molar-refractivity contribution is -0.118. The van der Waals surface area contributed by atoms with Gasteiger partial charge in [-0.2, -0.15) is 0 Å². The Morgan fingerprint density at radius 2 is 2.06 bits per heavy atom. The van der Waals surface area contributed by atoms with Gasteiger partial charge in [-0.25, -0.2) is 8.78 Å². The molecule has 1 aromatic rings. The molecule has 18 heavy (non-hydrogen) atoms. The van der Waals surface area contributed by atoms with Gasteiger partial charge >= 0.3 is 0 Å². The zero-order valence-electron chi connectivity index (χ0n) is 10.2. The predicted octanol–water partition coefficient (Wildman–Crippen LogP) is 3.44. The fraction of sp³-hybridized carbons (Fsp3) is 0.500. The lowest BCUT2D eigenvalue weighted by Crippen LogP contribution is -2.22. The van der Waals surface area contributed by atoms with E-state index in [0.29, 0.717) is 11.5 Å². The van der Waals surface area contributed by atoms with Crippen LogP contribution in [0, 0.1) is 23.5 Å². The first-order valence-electron chi connectivity index (χ1n) is 6.37. The second-order valence-electron chi connectivity index (χ2n) is 5.39. The maximum atomic E-state index is 13.6. The van der Waals surface area contributed by atoms with E-state index in [-0.39, 0.29) is 23.4 Å². The van der Waals surface area contributed by atoms with E-state index in [1.807, 2.05) is 0 Å². The predicted molar refractivity (Wildman–Crippen MR) is 64.2 cm³/mol. The third-order valence-corrected chi connectivity index (χ3v) is 4.31. The Labute approximate surface area is 104 Å². The van der Waals surface area contributed by atoms with Gasteiger partial charge in [-0.15, -0.1) is 0 Å². The molecule has 0 aromatic heterocycles. The number of amides is 1. The summed E-state index contributed by atoms with van der Waals surface area (Å²) in [4.78, 5) is 12.0. The van der Waals surface area contributed by atoms with E-state index in [2.05, 4.69) is 12.2 Å². The maximum Gasteiger partial charge on any atom is 0.232 e. The molecule has 0 spiro atoms. The first kappa shape index (κ1) is 11.6. The van der Waals surface area contributed by atoms with Gasteiger partial charge in [0.25, 0.3) is 0 Å². The molecule has 0 bridgehead atoms. The van der Waals surface area contributed by atoms with Crippen molar-refractivity contribution in [1.82, 2.24) is 0 Å². The topological polar surface area (TPSA) is 29.1 Å². The fourth-order valence-electron chi connectivity index (χ4n) is 3.41. The summed E-state index contributed by atoms with van der Waals surface area (Å²) in [6, 6.07) is 2.12. The Kier molecular flexibility index (Phi) is 2.61. The van der Waals surface area contributed by atoms with Crippen LogP contribution >= 0.6 is 0 Å². The van der Waals surface area contributed by atoms with Gasteiger partial charge in [0, 0.05) is 6.07 Å². The van der Waals surface area contributed by atoms with Crippen molar-refractivity contribution in [3.63, 3.8) is 0 Å². The zero-order valence-corrected chi connectivity index (χ0v) is 10.2. The molecular formula is C14H15F2NO. The van der Waals surface area contributed by atoms with Crippen LogP contribution in [0.4, 0.5) is 14.5 Å². The number of benzene rings is 1. The molecule has 1 aromatic carbocycles. The summed E-state index contributed by atoms with van der Waals surface area (Å²) in [7, 11) is 0. The summed E-state index contributed by atoms with van der Waals surface area (Å²) in [5.41, 5.74) is 0.668. The minimum absolute atomic E-state index is 0.172. The molecule has 0 radical (unpaired) electrons. The minimum Gasteiger partial charge on any atom is -0.323 e. The highest BCUT2D eigenvalue weighted by Gasteiger charge is 2.42. The second-order valence-corrected chi connectivity index (χ2v) is 5.39. The van der Waals surface area contributed by atoms with Crippen molar-refractivity contribution in [3.05, 3.63) is 29.3 Å². The van der Waals surface area contributed by atoms with Crippen molar-refractivity contribution in [1.29, 1.82) is 0 Å². The summed E-state index contributed by atoms with van der Waals surface area (Å²) in [6.07, 6.45) is 3.13. The van der Waals surface area contributed by atoms with Gasteiger partial charge < -0.3 is 5.32 Å². The largest absolute Gasteiger partial charge is 0.323 e. The molecule has 1 fully saturated rings. The number of halogens is 2. The highest BCUT2D eigenvalue weighted by molar-refractivity contribution is 6.03. The average molecular weight is 251 g/mol. The fourth-order valence-corrected chi connectivity index (χ4v) is 3.41. The molecule has 0 saturated heterocycles. The molecule has 1 heterocycles. The highest BCUT2D eigenvalue weighted by atomic mass is 19.1. The Morgan fingerprint density at radius 1 is 1.28 bits per heavy atom. The van der Waals surface area contributed by atoms with Crippen LogP contribution in [0.5, 0.6) is 0 Å². The third-order valence-electron chi connectivity index (χ3n) is 4.31. The van der Waals surface area contributed by atoms with Crippen LogP contribution in [0.15, 0.2) is 12.1 Å². The minimum atomic E-state index is -0.675. The molecule has 1 aliphatic carbocycles. The van der Waals surface area contributed by atoms with E-state index in [9.17, 15) is 13.6 Å². The molecular weight excluding hydrogens is 236 g/mol. The first-order chi connectivity index (χ1) is 8.58. The molecule has 1 saturated carbocycles. The first-order valence-corrected chi connectivity index (χ1v) is 6.37. The lowest BCUT2D eigenvalue weighted by atomic mass is 9.81. The van der Waals surface area contributed by atoms with E-state index in [1.54, 1.807) is 0 Å². The van der Waals surface area contributed by atoms with Crippen LogP contribution in [0.3, 0.4) is 0 Å². The van der Waals surface area contributed by atoms with Gasteiger partial charge in [0.05, 0.1) is 11.6 Å². The molecule has 1 aliphatic heterocycles. The maximum absolute atomic E-state index is 13.6. The summed E-state index contributed by atoms with van der Waals surface area (Å²) < 4.78 is 27.0. The van der Waals surface area contributed by atoms with E-state index < -0.39 is 11.6 Å². The number of fused-ring (bicyclic) bond motifs is 1. The highest BCUT2D eigenvalue weighted by Crippen LogP contribution is 2.47.